The number of hydrogen-bond acceptors (Lipinski definition) is 5. The van der Waals surface area contributed by atoms with E-state index in [9.17, 15) is 23.9 Å². The standard InChI is InChI=1S/C29H29FN4O4/c1-3-4-13-31-28(37)25-27(36)26-24(15-21(16-32-26)14-19-5-9-22(30)10-6-19)34(29(25)38)17-20-7-11-23(12-8-20)33-18(2)35/h5-12,15-16,36H,3-4,13-14,17H2,1-2H3,(H,31,37)(H,33,35). The Morgan fingerprint density at radius 2 is 1.71 bits per heavy atom. The monoisotopic (exact) mass is 516 g/mol. The summed E-state index contributed by atoms with van der Waals surface area (Å²) in [5.74, 6) is -1.66. The van der Waals surface area contributed by atoms with Crippen LogP contribution in [0.1, 0.15) is 53.7 Å². The number of aromatic nitrogens is 2. The summed E-state index contributed by atoms with van der Waals surface area (Å²) in [6.45, 7) is 3.88. The molecule has 0 aliphatic carbocycles. The Balaban J connectivity index is 1.80. The van der Waals surface area contributed by atoms with Crippen LogP contribution in [0.4, 0.5) is 10.1 Å². The predicted molar refractivity (Wildman–Crippen MR) is 144 cm³/mol. The van der Waals surface area contributed by atoms with Crippen molar-refractivity contribution in [3.63, 3.8) is 0 Å². The normalized spacial score (nSPS) is 10.9. The van der Waals surface area contributed by atoms with Crippen molar-refractivity contribution in [2.24, 2.45) is 0 Å². The summed E-state index contributed by atoms with van der Waals surface area (Å²) in [5.41, 5.74) is 2.45. The highest BCUT2D eigenvalue weighted by Gasteiger charge is 2.23. The quantitative estimate of drug-likeness (QED) is 0.286. The van der Waals surface area contributed by atoms with Crippen LogP contribution in [0.2, 0.25) is 0 Å². The first-order valence-corrected chi connectivity index (χ1v) is 12.4. The number of anilines is 1. The zero-order valence-electron chi connectivity index (χ0n) is 21.3. The Bertz CT molecular complexity index is 1530. The van der Waals surface area contributed by atoms with Gasteiger partial charge in [-0.25, -0.2) is 4.39 Å². The number of unbranched alkanes of at least 4 members (excludes halogenated alkanes) is 1. The summed E-state index contributed by atoms with van der Waals surface area (Å²) in [7, 11) is 0. The molecule has 0 unspecified atom stereocenters. The smallest absolute Gasteiger partial charge is 0.268 e. The van der Waals surface area contributed by atoms with Crippen LogP contribution in [0, 0.1) is 5.82 Å². The number of nitrogens with zero attached hydrogens (tertiary/aromatic N) is 2. The Hall–Kier alpha value is -4.53. The van der Waals surface area contributed by atoms with Gasteiger partial charge in [-0.05, 0) is 59.9 Å². The molecule has 38 heavy (non-hydrogen) atoms. The molecular formula is C29H29FN4O4. The molecule has 0 saturated carbocycles. The van der Waals surface area contributed by atoms with Gasteiger partial charge < -0.3 is 20.3 Å². The second-order valence-electron chi connectivity index (χ2n) is 9.12. The predicted octanol–water partition coefficient (Wildman–Crippen LogP) is 4.37. The van der Waals surface area contributed by atoms with Gasteiger partial charge in [0.25, 0.3) is 11.5 Å². The summed E-state index contributed by atoms with van der Waals surface area (Å²) < 4.78 is 14.8. The van der Waals surface area contributed by atoms with Crippen molar-refractivity contribution in [1.82, 2.24) is 14.9 Å². The Labute approximate surface area is 219 Å². The van der Waals surface area contributed by atoms with Crippen LogP contribution in [0.3, 0.4) is 0 Å². The Kier molecular flexibility index (Phi) is 8.15. The summed E-state index contributed by atoms with van der Waals surface area (Å²) >= 11 is 0. The van der Waals surface area contributed by atoms with Gasteiger partial charge in [0.05, 0.1) is 12.1 Å². The van der Waals surface area contributed by atoms with E-state index in [4.69, 9.17) is 0 Å². The molecule has 0 aliphatic rings. The molecule has 0 saturated heterocycles. The van der Waals surface area contributed by atoms with E-state index in [2.05, 4.69) is 15.6 Å². The third-order valence-electron chi connectivity index (χ3n) is 6.11. The molecule has 0 fully saturated rings. The average molecular weight is 517 g/mol. The summed E-state index contributed by atoms with van der Waals surface area (Å²) in [4.78, 5) is 42.3. The number of hydrogen-bond donors (Lipinski definition) is 3. The molecule has 0 aliphatic heterocycles. The maximum atomic E-state index is 13.6. The number of nitrogens with one attached hydrogen (secondary N) is 2. The lowest BCUT2D eigenvalue weighted by molar-refractivity contribution is -0.114. The van der Waals surface area contributed by atoms with E-state index < -0.39 is 17.2 Å². The van der Waals surface area contributed by atoms with E-state index in [1.807, 2.05) is 6.92 Å². The number of carbonyl (C=O) groups is 2. The molecule has 3 N–H and O–H groups in total. The second kappa shape index (κ2) is 11.7. The van der Waals surface area contributed by atoms with E-state index >= 15 is 0 Å². The van der Waals surface area contributed by atoms with Gasteiger partial charge in [-0.15, -0.1) is 0 Å². The fraction of sp³-hybridized carbons (Fsp3) is 0.241. The number of pyridine rings is 2. The van der Waals surface area contributed by atoms with Crippen LogP contribution in [0.25, 0.3) is 11.0 Å². The van der Waals surface area contributed by atoms with Crippen molar-refractivity contribution in [2.45, 2.75) is 39.7 Å². The number of rotatable bonds is 9. The van der Waals surface area contributed by atoms with Gasteiger partial charge in [-0.1, -0.05) is 37.6 Å². The van der Waals surface area contributed by atoms with Crippen molar-refractivity contribution < 1.29 is 19.1 Å². The van der Waals surface area contributed by atoms with Crippen LogP contribution >= 0.6 is 0 Å². The maximum Gasteiger partial charge on any atom is 0.268 e. The first-order valence-electron chi connectivity index (χ1n) is 12.4. The van der Waals surface area contributed by atoms with Crippen molar-refractivity contribution >= 4 is 28.5 Å². The summed E-state index contributed by atoms with van der Waals surface area (Å²) in [6, 6.07) is 14.8. The van der Waals surface area contributed by atoms with Crippen LogP contribution in [-0.2, 0) is 17.8 Å². The second-order valence-corrected chi connectivity index (χ2v) is 9.12. The van der Waals surface area contributed by atoms with E-state index in [0.717, 1.165) is 29.5 Å². The highest BCUT2D eigenvalue weighted by atomic mass is 19.1. The third kappa shape index (κ3) is 6.05. The van der Waals surface area contributed by atoms with Gasteiger partial charge in [-0.3, -0.25) is 19.4 Å². The minimum atomic E-state index is -0.658. The molecule has 196 valence electrons. The molecular weight excluding hydrogens is 487 g/mol. The summed E-state index contributed by atoms with van der Waals surface area (Å²) in [5, 5.41) is 16.4. The zero-order chi connectivity index (χ0) is 27.2. The van der Waals surface area contributed by atoms with Gasteiger partial charge in [0.2, 0.25) is 5.91 Å². The van der Waals surface area contributed by atoms with Gasteiger partial charge in [0.1, 0.15) is 16.9 Å². The lowest BCUT2D eigenvalue weighted by Crippen LogP contribution is -2.34. The minimum absolute atomic E-state index is 0.104. The van der Waals surface area contributed by atoms with Gasteiger partial charge in [0, 0.05) is 25.4 Å². The van der Waals surface area contributed by atoms with Gasteiger partial charge in [0.15, 0.2) is 5.75 Å². The van der Waals surface area contributed by atoms with Crippen molar-refractivity contribution in [3.05, 3.63) is 99.2 Å². The topological polar surface area (TPSA) is 113 Å². The molecule has 4 rings (SSSR count). The van der Waals surface area contributed by atoms with Crippen molar-refractivity contribution in [3.8, 4) is 5.75 Å². The maximum absolute atomic E-state index is 13.6. The average Bonchev–Trinajstić information content (AvgIpc) is 2.89. The van der Waals surface area contributed by atoms with Crippen LogP contribution in [0.5, 0.6) is 5.75 Å². The zero-order valence-corrected chi connectivity index (χ0v) is 21.3. The number of aromatic hydroxyl groups is 1. The lowest BCUT2D eigenvalue weighted by atomic mass is 10.0. The molecule has 0 spiro atoms. The van der Waals surface area contributed by atoms with E-state index in [0.29, 0.717) is 24.2 Å². The lowest BCUT2D eigenvalue weighted by Gasteiger charge is -2.16. The van der Waals surface area contributed by atoms with E-state index in [1.165, 1.54) is 23.6 Å². The first kappa shape index (κ1) is 26.5. The molecule has 0 radical (unpaired) electrons. The fourth-order valence-corrected chi connectivity index (χ4v) is 4.19. The molecule has 4 aromatic rings. The van der Waals surface area contributed by atoms with Crippen molar-refractivity contribution in [2.75, 3.05) is 11.9 Å². The Morgan fingerprint density at radius 3 is 2.37 bits per heavy atom. The highest BCUT2D eigenvalue weighted by molar-refractivity contribution is 6.01. The third-order valence-corrected chi connectivity index (χ3v) is 6.11. The van der Waals surface area contributed by atoms with Gasteiger partial charge in [-0.2, -0.15) is 0 Å². The number of halogens is 1. The number of amides is 2. The van der Waals surface area contributed by atoms with E-state index in [1.54, 1.807) is 48.7 Å². The largest absolute Gasteiger partial charge is 0.505 e. The SMILES string of the molecule is CCCCNC(=O)c1c(O)c2ncc(Cc3ccc(F)cc3)cc2n(Cc2ccc(NC(C)=O)cc2)c1=O. The van der Waals surface area contributed by atoms with Gasteiger partial charge >= 0.3 is 0 Å². The molecule has 2 aromatic heterocycles. The molecule has 8 nitrogen and oxygen atoms in total. The number of benzene rings is 2. The number of carbonyl (C=O) groups excluding carboxylic acids is 2. The molecule has 0 atom stereocenters. The van der Waals surface area contributed by atoms with Crippen LogP contribution in [-0.4, -0.2) is 33.0 Å². The summed E-state index contributed by atoms with van der Waals surface area (Å²) in [6.07, 6.45) is 3.60. The molecule has 2 heterocycles. The van der Waals surface area contributed by atoms with E-state index in [-0.39, 0.29) is 29.3 Å². The van der Waals surface area contributed by atoms with Crippen molar-refractivity contribution in [1.29, 1.82) is 0 Å². The van der Waals surface area contributed by atoms with Crippen LogP contribution < -0.4 is 16.2 Å². The fourth-order valence-electron chi connectivity index (χ4n) is 4.19. The molecule has 2 amide bonds. The minimum Gasteiger partial charge on any atom is -0.505 e. The molecule has 0 bridgehead atoms. The first-order chi connectivity index (χ1) is 18.3. The molecule has 2 aromatic carbocycles. The molecule has 9 heteroatoms. The Morgan fingerprint density at radius 1 is 1.03 bits per heavy atom. The highest BCUT2D eigenvalue weighted by Crippen LogP contribution is 2.27. The number of fused-ring (bicyclic) bond motifs is 1. The van der Waals surface area contributed by atoms with Crippen LogP contribution in [0.15, 0.2) is 65.6 Å².